The zero-order chi connectivity index (χ0) is 17.6. The van der Waals surface area contributed by atoms with Crippen molar-refractivity contribution in [1.29, 1.82) is 0 Å². The zero-order valence-electron chi connectivity index (χ0n) is 14.6. The number of carbonyl (C=O) groups is 1. The molecular formula is C16H26ClN5O2. The summed E-state index contributed by atoms with van der Waals surface area (Å²) in [7, 11) is 0. The molecule has 2 heterocycles. The van der Waals surface area contributed by atoms with Crippen molar-refractivity contribution < 1.29 is 9.53 Å². The van der Waals surface area contributed by atoms with Crippen molar-refractivity contribution in [2.75, 3.05) is 50.8 Å². The number of hydrogen-bond acceptors (Lipinski definition) is 6. The van der Waals surface area contributed by atoms with E-state index in [1.807, 2.05) is 20.8 Å². The van der Waals surface area contributed by atoms with Gasteiger partial charge in [-0.05, 0) is 20.0 Å². The molecule has 0 radical (unpaired) electrons. The molecule has 1 N–H and O–H groups in total. The second kappa shape index (κ2) is 8.60. The number of ether oxygens (including phenoxy) is 1. The molecule has 0 aliphatic carbocycles. The van der Waals surface area contributed by atoms with Gasteiger partial charge >= 0.3 is 0 Å². The Kier molecular flexibility index (Phi) is 6.77. The van der Waals surface area contributed by atoms with Crippen LogP contribution in [-0.4, -0.2) is 72.3 Å². The third-order valence-electron chi connectivity index (χ3n) is 4.21. The molecule has 1 amide bonds. The Morgan fingerprint density at radius 3 is 2.92 bits per heavy atom. The maximum Gasteiger partial charge on any atom is 0.234 e. The van der Waals surface area contributed by atoms with Gasteiger partial charge < -0.3 is 15.0 Å². The first kappa shape index (κ1) is 18.9. The molecule has 1 atom stereocenters. The second-order valence-electron chi connectivity index (χ2n) is 6.15. The maximum atomic E-state index is 12.1. The summed E-state index contributed by atoms with van der Waals surface area (Å²) in [5, 5.41) is 3.50. The predicted octanol–water partition coefficient (Wildman–Crippen LogP) is 1.18. The average molecular weight is 356 g/mol. The van der Waals surface area contributed by atoms with Crippen LogP contribution in [0.1, 0.15) is 20.8 Å². The van der Waals surface area contributed by atoms with Gasteiger partial charge in [0.25, 0.3) is 0 Å². The van der Waals surface area contributed by atoms with Gasteiger partial charge in [0, 0.05) is 19.6 Å². The van der Waals surface area contributed by atoms with E-state index >= 15 is 0 Å². The number of halogens is 1. The van der Waals surface area contributed by atoms with Crippen LogP contribution in [0, 0.1) is 0 Å². The van der Waals surface area contributed by atoms with Gasteiger partial charge in [-0.15, -0.1) is 0 Å². The van der Waals surface area contributed by atoms with E-state index in [0.717, 1.165) is 13.1 Å². The summed E-state index contributed by atoms with van der Waals surface area (Å²) in [5.74, 6) is 0.719. The fourth-order valence-electron chi connectivity index (χ4n) is 2.75. The van der Waals surface area contributed by atoms with Crippen LogP contribution >= 0.6 is 11.6 Å². The smallest absolute Gasteiger partial charge is 0.234 e. The first-order valence-electron chi connectivity index (χ1n) is 8.31. The Hall–Kier alpha value is -1.44. The lowest BCUT2D eigenvalue weighted by molar-refractivity contribution is -0.124. The quantitative estimate of drug-likeness (QED) is 0.792. The second-order valence-corrected chi connectivity index (χ2v) is 6.56. The molecule has 1 aliphatic heterocycles. The van der Waals surface area contributed by atoms with E-state index < -0.39 is 5.60 Å². The van der Waals surface area contributed by atoms with Crippen molar-refractivity contribution in [2.45, 2.75) is 26.4 Å². The van der Waals surface area contributed by atoms with Crippen LogP contribution in [0.3, 0.4) is 0 Å². The molecule has 24 heavy (non-hydrogen) atoms. The van der Waals surface area contributed by atoms with E-state index in [2.05, 4.69) is 25.1 Å². The molecule has 1 aromatic rings. The van der Waals surface area contributed by atoms with Crippen molar-refractivity contribution in [2.24, 2.45) is 0 Å². The van der Waals surface area contributed by atoms with Crippen LogP contribution in [0.4, 0.5) is 5.82 Å². The highest BCUT2D eigenvalue weighted by Gasteiger charge is 2.33. The Balaban J connectivity index is 1.92. The fourth-order valence-corrected chi connectivity index (χ4v) is 2.97. The van der Waals surface area contributed by atoms with Crippen molar-refractivity contribution >= 4 is 23.3 Å². The SMILES string of the molecule is CCN(CC)CC(=O)NCC1(C)CN(c2ncncc2Cl)CCO1. The first-order chi connectivity index (χ1) is 11.5. The lowest BCUT2D eigenvalue weighted by Crippen LogP contribution is -2.56. The lowest BCUT2D eigenvalue weighted by atomic mass is 10.0. The molecule has 134 valence electrons. The number of aromatic nitrogens is 2. The maximum absolute atomic E-state index is 12.1. The normalized spacial score (nSPS) is 21.1. The first-order valence-corrected chi connectivity index (χ1v) is 8.68. The number of amides is 1. The lowest BCUT2D eigenvalue weighted by Gasteiger charge is -2.41. The van der Waals surface area contributed by atoms with E-state index in [-0.39, 0.29) is 5.91 Å². The number of anilines is 1. The van der Waals surface area contributed by atoms with Crippen molar-refractivity contribution in [3.8, 4) is 0 Å². The van der Waals surface area contributed by atoms with E-state index in [4.69, 9.17) is 16.3 Å². The van der Waals surface area contributed by atoms with Gasteiger partial charge in [0.15, 0.2) is 5.82 Å². The molecule has 1 unspecified atom stereocenters. The third kappa shape index (κ3) is 5.03. The summed E-state index contributed by atoms with van der Waals surface area (Å²) in [6.07, 6.45) is 3.07. The molecule has 1 aliphatic rings. The minimum Gasteiger partial charge on any atom is -0.370 e. The van der Waals surface area contributed by atoms with Gasteiger partial charge in [-0.2, -0.15) is 0 Å². The van der Waals surface area contributed by atoms with E-state index in [9.17, 15) is 4.79 Å². The molecule has 1 aromatic heterocycles. The molecule has 7 nitrogen and oxygen atoms in total. The number of likely N-dealkylation sites (N-methyl/N-ethyl adjacent to an activating group) is 1. The highest BCUT2D eigenvalue weighted by Crippen LogP contribution is 2.26. The Bertz CT molecular complexity index is 555. The largest absolute Gasteiger partial charge is 0.370 e. The monoisotopic (exact) mass is 355 g/mol. The van der Waals surface area contributed by atoms with Gasteiger partial charge in [0.1, 0.15) is 17.0 Å². The molecule has 1 fully saturated rings. The van der Waals surface area contributed by atoms with Crippen LogP contribution < -0.4 is 10.2 Å². The van der Waals surface area contributed by atoms with Gasteiger partial charge in [0.2, 0.25) is 5.91 Å². The topological polar surface area (TPSA) is 70.6 Å². The van der Waals surface area contributed by atoms with E-state index in [0.29, 0.717) is 43.6 Å². The summed E-state index contributed by atoms with van der Waals surface area (Å²) in [5.41, 5.74) is -0.481. The van der Waals surface area contributed by atoms with Gasteiger partial charge in [-0.3, -0.25) is 9.69 Å². The number of hydrogen-bond donors (Lipinski definition) is 1. The summed E-state index contributed by atoms with van der Waals surface area (Å²) < 4.78 is 5.91. The highest BCUT2D eigenvalue weighted by atomic mass is 35.5. The van der Waals surface area contributed by atoms with Gasteiger partial charge in [0.05, 0.1) is 19.3 Å². The van der Waals surface area contributed by atoms with Crippen LogP contribution in [0.5, 0.6) is 0 Å². The molecule has 0 aromatic carbocycles. The number of morpholine rings is 1. The van der Waals surface area contributed by atoms with Gasteiger partial charge in [-0.25, -0.2) is 9.97 Å². The van der Waals surface area contributed by atoms with Crippen LogP contribution in [0.25, 0.3) is 0 Å². The number of carbonyl (C=O) groups excluding carboxylic acids is 1. The predicted molar refractivity (Wildman–Crippen MR) is 94.4 cm³/mol. The summed E-state index contributed by atoms with van der Waals surface area (Å²) >= 11 is 6.18. The zero-order valence-corrected chi connectivity index (χ0v) is 15.3. The minimum atomic E-state index is -0.481. The molecule has 0 bridgehead atoms. The molecule has 1 saturated heterocycles. The summed E-state index contributed by atoms with van der Waals surface area (Å²) in [6, 6.07) is 0. The Morgan fingerprint density at radius 2 is 2.25 bits per heavy atom. The standard InChI is InChI=1S/C16H26ClN5O2/c1-4-21(5-2)9-14(23)19-10-16(3)11-22(6-7-24-16)15-13(17)8-18-12-20-15/h8,12H,4-7,9-11H2,1-3H3,(H,19,23). The Labute approximate surface area is 148 Å². The highest BCUT2D eigenvalue weighted by molar-refractivity contribution is 6.32. The van der Waals surface area contributed by atoms with Crippen molar-refractivity contribution in [1.82, 2.24) is 20.2 Å². The van der Waals surface area contributed by atoms with E-state index in [1.165, 1.54) is 6.33 Å². The third-order valence-corrected chi connectivity index (χ3v) is 4.47. The molecule has 2 rings (SSSR count). The van der Waals surface area contributed by atoms with E-state index in [1.54, 1.807) is 6.20 Å². The van der Waals surface area contributed by atoms with Crippen LogP contribution in [-0.2, 0) is 9.53 Å². The van der Waals surface area contributed by atoms with Crippen LogP contribution in [0.15, 0.2) is 12.5 Å². The fraction of sp³-hybridized carbons (Fsp3) is 0.688. The summed E-state index contributed by atoms with van der Waals surface area (Å²) in [4.78, 5) is 24.4. The van der Waals surface area contributed by atoms with Crippen LogP contribution in [0.2, 0.25) is 5.02 Å². The molecule has 8 heteroatoms. The van der Waals surface area contributed by atoms with Crippen molar-refractivity contribution in [3.05, 3.63) is 17.5 Å². The number of rotatable bonds is 7. The van der Waals surface area contributed by atoms with Gasteiger partial charge in [-0.1, -0.05) is 25.4 Å². The molecule has 0 saturated carbocycles. The van der Waals surface area contributed by atoms with Crippen molar-refractivity contribution in [3.63, 3.8) is 0 Å². The summed E-state index contributed by atoms with van der Waals surface area (Å²) in [6.45, 7) is 10.5. The number of nitrogens with one attached hydrogen (secondary N) is 1. The minimum absolute atomic E-state index is 0.0146. The molecular weight excluding hydrogens is 330 g/mol. The average Bonchev–Trinajstić information content (AvgIpc) is 2.58. The Morgan fingerprint density at radius 1 is 1.50 bits per heavy atom. The number of nitrogens with zero attached hydrogens (tertiary/aromatic N) is 4. The molecule has 0 spiro atoms.